The largest absolute Gasteiger partial charge is 0.330 e. The van der Waals surface area contributed by atoms with Crippen LogP contribution in [0.15, 0.2) is 42.5 Å². The summed E-state index contributed by atoms with van der Waals surface area (Å²) in [6.07, 6.45) is 0.353. The number of benzene rings is 2. The summed E-state index contributed by atoms with van der Waals surface area (Å²) in [7, 11) is 0. The number of halogens is 3. The molecule has 2 aromatic carbocycles. The van der Waals surface area contributed by atoms with Crippen molar-refractivity contribution in [2.75, 3.05) is 6.54 Å². The van der Waals surface area contributed by atoms with Crippen molar-refractivity contribution in [2.24, 2.45) is 5.73 Å². The molecule has 0 spiro atoms. The van der Waals surface area contributed by atoms with E-state index < -0.39 is 0 Å². The van der Waals surface area contributed by atoms with E-state index in [0.717, 1.165) is 5.56 Å². The highest BCUT2D eigenvalue weighted by atomic mass is 35.5. The highest BCUT2D eigenvalue weighted by Crippen LogP contribution is 2.27. The second kappa shape index (κ2) is 6.13. The third-order valence-corrected chi connectivity index (χ3v) is 3.47. The van der Waals surface area contributed by atoms with Crippen LogP contribution in [0.25, 0.3) is 0 Å². The summed E-state index contributed by atoms with van der Waals surface area (Å²) in [4.78, 5) is 0. The summed E-state index contributed by atoms with van der Waals surface area (Å²) in [5.74, 6) is -0.844. The van der Waals surface area contributed by atoms with Crippen LogP contribution in [0.4, 0.5) is 8.78 Å². The molecule has 1 nitrogen and oxygen atoms in total. The lowest BCUT2D eigenvalue weighted by Crippen LogP contribution is -2.16. The summed E-state index contributed by atoms with van der Waals surface area (Å²) in [5.41, 5.74) is 6.89. The zero-order valence-electron chi connectivity index (χ0n) is 10.2. The van der Waals surface area contributed by atoms with Gasteiger partial charge < -0.3 is 5.73 Å². The van der Waals surface area contributed by atoms with E-state index in [2.05, 4.69) is 0 Å². The first-order chi connectivity index (χ1) is 9.11. The van der Waals surface area contributed by atoms with Gasteiger partial charge in [-0.25, -0.2) is 8.78 Å². The molecule has 0 saturated heterocycles. The molecule has 0 fully saturated rings. The maximum Gasteiger partial charge on any atom is 0.127 e. The fraction of sp³-hybridized carbons (Fsp3) is 0.200. The Morgan fingerprint density at radius 1 is 1.11 bits per heavy atom. The molecule has 2 rings (SSSR count). The van der Waals surface area contributed by atoms with Crippen LogP contribution < -0.4 is 5.73 Å². The maximum atomic E-state index is 13.7. The van der Waals surface area contributed by atoms with Gasteiger partial charge in [0.05, 0.1) is 0 Å². The molecule has 0 aromatic heterocycles. The number of hydrogen-bond acceptors (Lipinski definition) is 1. The zero-order chi connectivity index (χ0) is 13.8. The maximum absolute atomic E-state index is 13.7. The van der Waals surface area contributed by atoms with Crippen molar-refractivity contribution in [3.8, 4) is 0 Å². The Morgan fingerprint density at radius 2 is 1.84 bits per heavy atom. The topological polar surface area (TPSA) is 26.0 Å². The zero-order valence-corrected chi connectivity index (χ0v) is 11.0. The molecular weight excluding hydrogens is 268 g/mol. The lowest BCUT2D eigenvalue weighted by molar-refractivity contribution is 0.586. The van der Waals surface area contributed by atoms with Crippen LogP contribution in [0.2, 0.25) is 5.02 Å². The van der Waals surface area contributed by atoms with Crippen molar-refractivity contribution in [1.82, 2.24) is 0 Å². The van der Waals surface area contributed by atoms with Crippen LogP contribution in [0.1, 0.15) is 17.0 Å². The SMILES string of the molecule is NCC(Cc1c(F)cccc1Cl)c1cccc(F)c1. The Hall–Kier alpha value is -1.45. The normalized spacial score (nSPS) is 12.4. The molecule has 0 aliphatic carbocycles. The fourth-order valence-corrected chi connectivity index (χ4v) is 2.31. The van der Waals surface area contributed by atoms with Crippen molar-refractivity contribution in [1.29, 1.82) is 0 Å². The van der Waals surface area contributed by atoms with E-state index in [-0.39, 0.29) is 17.6 Å². The van der Waals surface area contributed by atoms with Crippen molar-refractivity contribution in [3.05, 3.63) is 70.2 Å². The van der Waals surface area contributed by atoms with Crippen molar-refractivity contribution >= 4 is 11.6 Å². The van der Waals surface area contributed by atoms with Gasteiger partial charge in [0, 0.05) is 16.5 Å². The Labute approximate surface area is 116 Å². The smallest absolute Gasteiger partial charge is 0.127 e. The molecule has 0 aliphatic heterocycles. The van der Waals surface area contributed by atoms with E-state index in [9.17, 15) is 8.78 Å². The Balaban J connectivity index is 2.29. The van der Waals surface area contributed by atoms with E-state index in [0.29, 0.717) is 23.6 Å². The minimum atomic E-state index is -0.359. The first-order valence-electron chi connectivity index (χ1n) is 6.00. The number of nitrogens with two attached hydrogens (primary N) is 1. The Bertz CT molecular complexity index is 552. The monoisotopic (exact) mass is 281 g/mol. The van der Waals surface area contributed by atoms with Gasteiger partial charge in [0.1, 0.15) is 11.6 Å². The van der Waals surface area contributed by atoms with Crippen molar-refractivity contribution in [2.45, 2.75) is 12.3 Å². The van der Waals surface area contributed by atoms with Crippen molar-refractivity contribution in [3.63, 3.8) is 0 Å². The Morgan fingerprint density at radius 3 is 2.47 bits per heavy atom. The molecule has 0 amide bonds. The quantitative estimate of drug-likeness (QED) is 0.904. The second-order valence-corrected chi connectivity index (χ2v) is 4.80. The first-order valence-corrected chi connectivity index (χ1v) is 6.38. The number of hydrogen-bond donors (Lipinski definition) is 1. The van der Waals surface area contributed by atoms with E-state index in [1.807, 2.05) is 0 Å². The first kappa shape index (κ1) is 14.0. The lowest BCUT2D eigenvalue weighted by atomic mass is 9.92. The highest BCUT2D eigenvalue weighted by molar-refractivity contribution is 6.31. The minimum absolute atomic E-state index is 0.162. The molecule has 1 unspecified atom stereocenters. The molecule has 19 heavy (non-hydrogen) atoms. The predicted octanol–water partition coefficient (Wildman–Crippen LogP) is 3.90. The van der Waals surface area contributed by atoms with E-state index >= 15 is 0 Å². The van der Waals surface area contributed by atoms with E-state index in [1.54, 1.807) is 24.3 Å². The van der Waals surface area contributed by atoms with Crippen LogP contribution in [-0.4, -0.2) is 6.54 Å². The van der Waals surface area contributed by atoms with Gasteiger partial charge >= 0.3 is 0 Å². The molecule has 100 valence electrons. The summed E-state index contributed by atoms with van der Waals surface area (Å²) < 4.78 is 27.0. The number of rotatable bonds is 4. The van der Waals surface area contributed by atoms with Crippen LogP contribution >= 0.6 is 11.6 Å². The average Bonchev–Trinajstić information content (AvgIpc) is 2.38. The third-order valence-electron chi connectivity index (χ3n) is 3.12. The van der Waals surface area contributed by atoms with Crippen molar-refractivity contribution < 1.29 is 8.78 Å². The molecule has 0 bridgehead atoms. The molecule has 4 heteroatoms. The highest BCUT2D eigenvalue weighted by Gasteiger charge is 2.16. The lowest BCUT2D eigenvalue weighted by Gasteiger charge is -2.16. The summed E-state index contributed by atoms with van der Waals surface area (Å²) >= 11 is 5.99. The predicted molar refractivity (Wildman–Crippen MR) is 73.3 cm³/mol. The van der Waals surface area contributed by atoms with Gasteiger partial charge in [-0.05, 0) is 42.8 Å². The van der Waals surface area contributed by atoms with E-state index in [1.165, 1.54) is 18.2 Å². The molecule has 0 saturated carbocycles. The molecule has 0 aliphatic rings. The summed E-state index contributed by atoms with van der Waals surface area (Å²) in [5, 5.41) is 0.370. The van der Waals surface area contributed by atoms with Gasteiger partial charge in [-0.2, -0.15) is 0 Å². The van der Waals surface area contributed by atoms with Crippen LogP contribution in [0.5, 0.6) is 0 Å². The molecule has 0 heterocycles. The average molecular weight is 282 g/mol. The molecule has 2 N–H and O–H groups in total. The molecule has 2 aromatic rings. The van der Waals surface area contributed by atoms with Gasteiger partial charge in [-0.3, -0.25) is 0 Å². The standard InChI is InChI=1S/C15H14ClF2N/c16-14-5-2-6-15(18)13(14)8-11(9-19)10-3-1-4-12(17)7-10/h1-7,11H,8-9,19H2. The Kier molecular flexibility index (Phi) is 4.51. The fourth-order valence-electron chi connectivity index (χ4n) is 2.07. The molecular formula is C15H14ClF2N. The van der Waals surface area contributed by atoms with Crippen LogP contribution in [-0.2, 0) is 6.42 Å². The van der Waals surface area contributed by atoms with Gasteiger partial charge in [-0.1, -0.05) is 29.8 Å². The second-order valence-electron chi connectivity index (χ2n) is 4.39. The summed E-state index contributed by atoms with van der Waals surface area (Å²) in [6, 6.07) is 10.8. The van der Waals surface area contributed by atoms with Crippen LogP contribution in [0.3, 0.4) is 0 Å². The van der Waals surface area contributed by atoms with E-state index in [4.69, 9.17) is 17.3 Å². The van der Waals surface area contributed by atoms with Gasteiger partial charge in [0.25, 0.3) is 0 Å². The van der Waals surface area contributed by atoms with Gasteiger partial charge in [0.15, 0.2) is 0 Å². The van der Waals surface area contributed by atoms with Gasteiger partial charge in [0.2, 0.25) is 0 Å². The molecule has 0 radical (unpaired) electrons. The third kappa shape index (κ3) is 3.31. The van der Waals surface area contributed by atoms with Crippen LogP contribution in [0, 0.1) is 11.6 Å². The minimum Gasteiger partial charge on any atom is -0.330 e. The summed E-state index contributed by atoms with van der Waals surface area (Å²) in [6.45, 7) is 0.300. The van der Waals surface area contributed by atoms with Gasteiger partial charge in [-0.15, -0.1) is 0 Å². The molecule has 1 atom stereocenters.